The van der Waals surface area contributed by atoms with E-state index < -0.39 is 5.97 Å². The van der Waals surface area contributed by atoms with Gasteiger partial charge in [0.05, 0.1) is 5.02 Å². The van der Waals surface area contributed by atoms with E-state index in [9.17, 15) is 9.59 Å². The highest BCUT2D eigenvalue weighted by Gasteiger charge is 2.19. The number of carbonyl (C=O) groups excluding carboxylic acids is 1. The largest absolute Gasteiger partial charge is 0.481 e. The van der Waals surface area contributed by atoms with Gasteiger partial charge >= 0.3 is 5.97 Å². The van der Waals surface area contributed by atoms with Crippen molar-refractivity contribution in [3.8, 4) is 0 Å². The van der Waals surface area contributed by atoms with E-state index in [1.54, 1.807) is 7.05 Å². The molecule has 0 aliphatic rings. The summed E-state index contributed by atoms with van der Waals surface area (Å²) < 4.78 is 1.49. The van der Waals surface area contributed by atoms with Gasteiger partial charge in [-0.1, -0.05) is 37.0 Å². The molecule has 1 unspecified atom stereocenters. The molecule has 0 saturated heterocycles. The first-order chi connectivity index (χ1) is 9.72. The SMILES string of the molecule is CC(C)CC(CNC(=O)c1cc(Cl)c(Cl)n1C)CC(=O)O. The molecule has 1 aromatic heterocycles. The van der Waals surface area contributed by atoms with E-state index in [2.05, 4.69) is 5.32 Å². The average molecular weight is 335 g/mol. The molecule has 7 heteroatoms. The van der Waals surface area contributed by atoms with Crippen LogP contribution < -0.4 is 5.32 Å². The Morgan fingerprint density at radius 2 is 2.00 bits per heavy atom. The zero-order valence-corrected chi connectivity index (χ0v) is 13.8. The average Bonchev–Trinajstić information content (AvgIpc) is 2.62. The summed E-state index contributed by atoms with van der Waals surface area (Å²) in [5.74, 6) is -0.909. The highest BCUT2D eigenvalue weighted by molar-refractivity contribution is 6.41. The van der Waals surface area contributed by atoms with Crippen molar-refractivity contribution in [1.82, 2.24) is 9.88 Å². The Balaban J connectivity index is 2.68. The molecule has 1 heterocycles. The van der Waals surface area contributed by atoms with Gasteiger partial charge in [-0.2, -0.15) is 0 Å². The molecular formula is C14H20Cl2N2O3. The molecule has 0 aliphatic carbocycles. The normalized spacial score (nSPS) is 12.5. The Morgan fingerprint density at radius 3 is 2.43 bits per heavy atom. The molecule has 0 aromatic carbocycles. The molecule has 0 saturated carbocycles. The Morgan fingerprint density at radius 1 is 1.38 bits per heavy atom. The first-order valence-corrected chi connectivity index (χ1v) is 7.48. The van der Waals surface area contributed by atoms with Crippen molar-refractivity contribution in [1.29, 1.82) is 0 Å². The molecule has 0 bridgehead atoms. The second kappa shape index (κ2) is 7.71. The Labute approximate surface area is 134 Å². The lowest BCUT2D eigenvalue weighted by Crippen LogP contribution is -2.32. The van der Waals surface area contributed by atoms with E-state index in [1.807, 2.05) is 13.8 Å². The summed E-state index contributed by atoms with van der Waals surface area (Å²) >= 11 is 11.8. The molecule has 0 spiro atoms. The van der Waals surface area contributed by atoms with Crippen LogP contribution in [-0.2, 0) is 11.8 Å². The highest BCUT2D eigenvalue weighted by Crippen LogP contribution is 2.25. The number of hydrogen-bond acceptors (Lipinski definition) is 2. The molecule has 0 fully saturated rings. The quantitative estimate of drug-likeness (QED) is 0.804. The van der Waals surface area contributed by atoms with E-state index in [0.717, 1.165) is 6.42 Å². The van der Waals surface area contributed by atoms with Gasteiger partial charge in [-0.15, -0.1) is 0 Å². The van der Waals surface area contributed by atoms with Crippen molar-refractivity contribution in [2.45, 2.75) is 26.7 Å². The van der Waals surface area contributed by atoms with E-state index in [0.29, 0.717) is 28.3 Å². The van der Waals surface area contributed by atoms with Gasteiger partial charge < -0.3 is 15.0 Å². The van der Waals surface area contributed by atoms with Gasteiger partial charge in [0.2, 0.25) is 0 Å². The van der Waals surface area contributed by atoms with Gasteiger partial charge in [-0.25, -0.2) is 0 Å². The Bertz CT molecular complexity index is 527. The van der Waals surface area contributed by atoms with Gasteiger partial charge in [-0.3, -0.25) is 9.59 Å². The number of hydrogen-bond donors (Lipinski definition) is 2. The summed E-state index contributed by atoms with van der Waals surface area (Å²) in [6, 6.07) is 1.49. The third kappa shape index (κ3) is 5.25. The summed E-state index contributed by atoms with van der Waals surface area (Å²) in [7, 11) is 1.64. The minimum Gasteiger partial charge on any atom is -0.481 e. The molecule has 0 radical (unpaired) electrons. The fourth-order valence-electron chi connectivity index (χ4n) is 2.24. The predicted octanol–water partition coefficient (Wildman–Crippen LogP) is 3.20. The minimum atomic E-state index is -0.861. The number of aliphatic carboxylic acids is 1. The second-order valence-corrected chi connectivity index (χ2v) is 6.30. The number of nitrogens with zero attached hydrogens (tertiary/aromatic N) is 1. The second-order valence-electron chi connectivity index (χ2n) is 5.53. The topological polar surface area (TPSA) is 71.3 Å². The van der Waals surface area contributed by atoms with Crippen LogP contribution in [0.5, 0.6) is 0 Å². The maximum Gasteiger partial charge on any atom is 0.303 e. The number of rotatable bonds is 7. The van der Waals surface area contributed by atoms with Gasteiger partial charge in [0, 0.05) is 20.0 Å². The van der Waals surface area contributed by atoms with Crippen molar-refractivity contribution >= 4 is 35.1 Å². The maximum absolute atomic E-state index is 12.1. The fourth-order valence-corrected chi connectivity index (χ4v) is 2.62. The maximum atomic E-state index is 12.1. The molecule has 2 N–H and O–H groups in total. The van der Waals surface area contributed by atoms with Gasteiger partial charge in [-0.05, 0) is 24.3 Å². The number of aromatic nitrogens is 1. The third-order valence-electron chi connectivity index (χ3n) is 3.17. The zero-order valence-electron chi connectivity index (χ0n) is 12.3. The smallest absolute Gasteiger partial charge is 0.303 e. The predicted molar refractivity (Wildman–Crippen MR) is 83.0 cm³/mol. The molecule has 0 aliphatic heterocycles. The lowest BCUT2D eigenvalue weighted by Gasteiger charge is -2.17. The van der Waals surface area contributed by atoms with E-state index in [-0.39, 0.29) is 18.2 Å². The van der Waals surface area contributed by atoms with Crippen LogP contribution in [0.3, 0.4) is 0 Å². The summed E-state index contributed by atoms with van der Waals surface area (Å²) in [5, 5.41) is 12.3. The number of amides is 1. The molecule has 1 amide bonds. The van der Waals surface area contributed by atoms with Crippen LogP contribution in [-0.4, -0.2) is 28.1 Å². The van der Waals surface area contributed by atoms with E-state index in [1.165, 1.54) is 10.6 Å². The van der Waals surface area contributed by atoms with Crippen LogP contribution in [0.15, 0.2) is 6.07 Å². The number of nitrogens with one attached hydrogen (secondary N) is 1. The van der Waals surface area contributed by atoms with Gasteiger partial charge in [0.25, 0.3) is 5.91 Å². The van der Waals surface area contributed by atoms with Gasteiger partial charge in [0.1, 0.15) is 10.8 Å². The molecular weight excluding hydrogens is 315 g/mol. The summed E-state index contributed by atoms with van der Waals surface area (Å²) in [6.07, 6.45) is 0.772. The first-order valence-electron chi connectivity index (χ1n) is 6.73. The van der Waals surface area contributed by atoms with E-state index >= 15 is 0 Å². The van der Waals surface area contributed by atoms with Crippen molar-refractivity contribution in [3.05, 3.63) is 21.9 Å². The van der Waals surface area contributed by atoms with Crippen LogP contribution in [0.4, 0.5) is 0 Å². The monoisotopic (exact) mass is 334 g/mol. The lowest BCUT2D eigenvalue weighted by atomic mass is 9.94. The standard InChI is InChI=1S/C14H20Cl2N2O3/c1-8(2)4-9(5-12(19)20)7-17-14(21)11-6-10(15)13(16)18(11)3/h6,8-9H,4-5,7H2,1-3H3,(H,17,21)(H,19,20). The molecule has 21 heavy (non-hydrogen) atoms. The molecule has 1 atom stereocenters. The number of carboxylic acids is 1. The summed E-state index contributed by atoms with van der Waals surface area (Å²) in [4.78, 5) is 23.0. The highest BCUT2D eigenvalue weighted by atomic mass is 35.5. The Kier molecular flexibility index (Phi) is 6.55. The minimum absolute atomic E-state index is 0.0348. The van der Waals surface area contributed by atoms with Gasteiger partial charge in [0.15, 0.2) is 0 Å². The molecule has 118 valence electrons. The third-order valence-corrected chi connectivity index (χ3v) is 4.01. The van der Waals surface area contributed by atoms with Crippen molar-refractivity contribution in [3.63, 3.8) is 0 Å². The van der Waals surface area contributed by atoms with E-state index in [4.69, 9.17) is 28.3 Å². The molecule has 5 nitrogen and oxygen atoms in total. The zero-order chi connectivity index (χ0) is 16.2. The van der Waals surface area contributed by atoms with Crippen LogP contribution >= 0.6 is 23.2 Å². The first kappa shape index (κ1) is 17.9. The Hall–Kier alpha value is -1.20. The molecule has 1 rings (SSSR count). The van der Waals surface area contributed by atoms with Crippen molar-refractivity contribution < 1.29 is 14.7 Å². The lowest BCUT2D eigenvalue weighted by molar-refractivity contribution is -0.138. The number of carbonyl (C=O) groups is 2. The van der Waals surface area contributed by atoms with Crippen LogP contribution in [0, 0.1) is 11.8 Å². The number of halogens is 2. The summed E-state index contributed by atoms with van der Waals surface area (Å²) in [6.45, 7) is 4.35. The summed E-state index contributed by atoms with van der Waals surface area (Å²) in [5.41, 5.74) is 0.351. The van der Waals surface area contributed by atoms with Crippen LogP contribution in [0.2, 0.25) is 10.2 Å². The van der Waals surface area contributed by atoms with Crippen molar-refractivity contribution in [2.24, 2.45) is 18.9 Å². The fraction of sp³-hybridized carbons (Fsp3) is 0.571. The number of carboxylic acid groups (broad SMARTS) is 1. The van der Waals surface area contributed by atoms with Crippen LogP contribution in [0.1, 0.15) is 37.2 Å². The van der Waals surface area contributed by atoms with Crippen LogP contribution in [0.25, 0.3) is 0 Å². The molecule has 1 aromatic rings. The van der Waals surface area contributed by atoms with Crippen molar-refractivity contribution in [2.75, 3.05) is 6.54 Å².